The second kappa shape index (κ2) is 13.5. The summed E-state index contributed by atoms with van der Waals surface area (Å²) in [6, 6.07) is 19.3. The number of nitrogens with one attached hydrogen (secondary N) is 1. The summed E-state index contributed by atoms with van der Waals surface area (Å²) >= 11 is 5.37. The molecule has 1 aliphatic rings. The van der Waals surface area contributed by atoms with Gasteiger partial charge in [-0.15, -0.1) is 0 Å². The molecular weight excluding hydrogens is 632 g/mol. The largest absolute Gasteiger partial charge is 0.405 e. The van der Waals surface area contributed by atoms with E-state index < -0.39 is 67.2 Å². The first kappa shape index (κ1) is 34.5. The minimum Gasteiger partial charge on any atom is -0.405 e. The van der Waals surface area contributed by atoms with Crippen molar-refractivity contribution in [2.75, 3.05) is 19.8 Å². The van der Waals surface area contributed by atoms with Crippen molar-refractivity contribution in [3.05, 3.63) is 93.5 Å². The number of halogens is 3. The molecule has 240 valence electrons. The number of benzene rings is 2. The van der Waals surface area contributed by atoms with Crippen molar-refractivity contribution in [3.8, 4) is 0 Å². The lowest BCUT2D eigenvalue weighted by atomic mass is 10.0. The highest BCUT2D eigenvalue weighted by Gasteiger charge is 2.61. The standard InChI is InChI=1S/C30H38F3N2O6PSSi/c1-6-38-42(43,39-7-2)30(32,33)23-18-26(35-19-24(31)27(36)34-28(35)37)41-25(23)20-40-44(29(3,4)5,21-14-10-8-11-15-21)22-16-12-9-13-17-22/h8-17,19,23,25-26H,6-7,18,20H2,1-5H3,(H,34,36,37)/t23-,25+,26+/m0/s1. The van der Waals surface area contributed by atoms with Crippen LogP contribution in [-0.4, -0.2) is 49.5 Å². The van der Waals surface area contributed by atoms with E-state index >= 15 is 8.78 Å². The first-order valence-electron chi connectivity index (χ1n) is 14.4. The molecule has 2 heterocycles. The molecule has 0 amide bonds. The molecule has 1 aliphatic heterocycles. The average Bonchev–Trinajstić information content (AvgIpc) is 3.41. The summed E-state index contributed by atoms with van der Waals surface area (Å²) in [7, 11) is -3.19. The Hall–Kier alpha value is -2.38. The fourth-order valence-corrected chi connectivity index (χ4v) is 13.2. The van der Waals surface area contributed by atoms with Crippen LogP contribution >= 0.6 is 6.49 Å². The Balaban J connectivity index is 1.83. The normalized spacial score (nSPS) is 19.8. The lowest BCUT2D eigenvalue weighted by Crippen LogP contribution is -2.67. The van der Waals surface area contributed by atoms with Gasteiger partial charge in [0.1, 0.15) is 6.23 Å². The third-order valence-electron chi connectivity index (χ3n) is 7.76. The van der Waals surface area contributed by atoms with E-state index in [4.69, 9.17) is 30.0 Å². The highest BCUT2D eigenvalue weighted by Crippen LogP contribution is 2.67. The number of rotatable bonds is 12. The van der Waals surface area contributed by atoms with Crippen LogP contribution in [-0.2, 0) is 30.0 Å². The Kier molecular flexibility index (Phi) is 10.6. The van der Waals surface area contributed by atoms with E-state index in [-0.39, 0.29) is 19.8 Å². The predicted molar refractivity (Wildman–Crippen MR) is 169 cm³/mol. The van der Waals surface area contributed by atoms with E-state index in [1.54, 1.807) is 13.8 Å². The van der Waals surface area contributed by atoms with Gasteiger partial charge in [-0.05, 0) is 41.1 Å². The first-order valence-corrected chi connectivity index (χ1v) is 18.9. The number of H-pyrrole nitrogens is 1. The maximum absolute atomic E-state index is 16.6. The molecule has 0 unspecified atom stereocenters. The zero-order chi connectivity index (χ0) is 32.3. The zero-order valence-corrected chi connectivity index (χ0v) is 28.0. The Labute approximate surface area is 260 Å². The number of alkyl halides is 2. The maximum atomic E-state index is 16.6. The minimum atomic E-state index is -4.21. The fourth-order valence-electron chi connectivity index (χ4n) is 5.82. The molecule has 1 N–H and O–H groups in total. The molecule has 0 radical (unpaired) electrons. The number of aromatic amines is 1. The smallest absolute Gasteiger partial charge is 0.330 e. The van der Waals surface area contributed by atoms with Gasteiger partial charge in [-0.25, -0.2) is 4.79 Å². The monoisotopic (exact) mass is 670 g/mol. The molecule has 0 aliphatic carbocycles. The molecule has 0 saturated carbocycles. The predicted octanol–water partition coefficient (Wildman–Crippen LogP) is 5.13. The van der Waals surface area contributed by atoms with Gasteiger partial charge in [0, 0.05) is 6.42 Å². The average molecular weight is 671 g/mol. The lowest BCUT2D eigenvalue weighted by Gasteiger charge is -2.44. The Bertz CT molecular complexity index is 1540. The fraction of sp³-hybridized carbons (Fsp3) is 0.467. The molecule has 0 spiro atoms. The van der Waals surface area contributed by atoms with Crippen molar-refractivity contribution >= 4 is 37.0 Å². The molecule has 14 heteroatoms. The topological polar surface area (TPSA) is 91.8 Å². The van der Waals surface area contributed by atoms with Crippen molar-refractivity contribution in [3.63, 3.8) is 0 Å². The van der Waals surface area contributed by atoms with E-state index in [9.17, 15) is 14.0 Å². The van der Waals surface area contributed by atoms with E-state index in [1.165, 1.54) is 0 Å². The van der Waals surface area contributed by atoms with Gasteiger partial charge in [-0.2, -0.15) is 13.2 Å². The number of aromatic nitrogens is 2. The van der Waals surface area contributed by atoms with Gasteiger partial charge >= 0.3 is 11.4 Å². The van der Waals surface area contributed by atoms with Crippen molar-refractivity contribution in [1.82, 2.24) is 9.55 Å². The molecule has 4 rings (SSSR count). The van der Waals surface area contributed by atoms with Gasteiger partial charge < -0.3 is 18.2 Å². The number of hydrogen-bond donors (Lipinski definition) is 1. The van der Waals surface area contributed by atoms with Crippen LogP contribution in [0.15, 0.2) is 76.4 Å². The van der Waals surface area contributed by atoms with Crippen LogP contribution in [0.25, 0.3) is 0 Å². The second-order valence-corrected chi connectivity index (χ2v) is 19.4. The summed E-state index contributed by atoms with van der Waals surface area (Å²) in [5, 5.41) is 1.41. The first-order chi connectivity index (χ1) is 20.7. The van der Waals surface area contributed by atoms with Crippen LogP contribution in [0.3, 0.4) is 0 Å². The molecule has 3 aromatic rings. The van der Waals surface area contributed by atoms with Crippen molar-refractivity contribution in [1.29, 1.82) is 0 Å². The third-order valence-corrected chi connectivity index (χ3v) is 16.4. The summed E-state index contributed by atoms with van der Waals surface area (Å²) in [6.07, 6.45) is -2.43. The van der Waals surface area contributed by atoms with Gasteiger partial charge in [0.05, 0.1) is 38.0 Å². The number of nitrogens with zero attached hydrogens (tertiary/aromatic N) is 1. The Morgan fingerprint density at radius 3 is 2.00 bits per heavy atom. The van der Waals surface area contributed by atoms with Gasteiger partial charge in [-0.1, -0.05) is 81.4 Å². The van der Waals surface area contributed by atoms with Crippen molar-refractivity contribution in [2.45, 2.75) is 64.1 Å². The summed E-state index contributed by atoms with van der Waals surface area (Å²) in [6.45, 7) is 4.55. The van der Waals surface area contributed by atoms with Crippen LogP contribution in [0.1, 0.15) is 47.3 Å². The van der Waals surface area contributed by atoms with E-state index in [2.05, 4.69) is 20.8 Å². The summed E-state index contributed by atoms with van der Waals surface area (Å²) in [5.41, 5.74) is -5.93. The Morgan fingerprint density at radius 1 is 1.00 bits per heavy atom. The third kappa shape index (κ3) is 6.46. The van der Waals surface area contributed by atoms with E-state index in [0.29, 0.717) is 6.20 Å². The molecule has 8 nitrogen and oxygen atoms in total. The highest BCUT2D eigenvalue weighted by molar-refractivity contribution is 8.10. The van der Waals surface area contributed by atoms with E-state index in [1.807, 2.05) is 65.6 Å². The molecule has 44 heavy (non-hydrogen) atoms. The molecule has 1 saturated heterocycles. The quantitative estimate of drug-likeness (QED) is 0.211. The van der Waals surface area contributed by atoms with Crippen LogP contribution in [0.4, 0.5) is 13.2 Å². The molecule has 2 aromatic carbocycles. The van der Waals surface area contributed by atoms with Crippen LogP contribution < -0.4 is 21.6 Å². The summed E-state index contributed by atoms with van der Waals surface area (Å²) in [4.78, 5) is 26.2. The van der Waals surface area contributed by atoms with Gasteiger partial charge in [0.25, 0.3) is 20.4 Å². The van der Waals surface area contributed by atoms with Gasteiger partial charge in [0.2, 0.25) is 5.82 Å². The maximum Gasteiger partial charge on any atom is 0.330 e. The lowest BCUT2D eigenvalue weighted by molar-refractivity contribution is -0.0666. The summed E-state index contributed by atoms with van der Waals surface area (Å²) < 4.78 is 72.1. The molecule has 1 fully saturated rings. The second-order valence-electron chi connectivity index (χ2n) is 11.5. The Morgan fingerprint density at radius 2 is 1.52 bits per heavy atom. The SMILES string of the molecule is CCOP(=S)(OCC)C(F)(F)[C@H]1C[C@H](n2cc(F)c(=O)[nH]c2=O)O[C@@H]1CO[Si](c1ccccc1)(c1ccccc1)C(C)(C)C. The molecular formula is C30H38F3N2O6PSSi. The van der Waals surface area contributed by atoms with E-state index in [0.717, 1.165) is 14.9 Å². The van der Waals surface area contributed by atoms with Crippen LogP contribution in [0.5, 0.6) is 0 Å². The molecule has 0 bridgehead atoms. The van der Waals surface area contributed by atoms with Crippen LogP contribution in [0, 0.1) is 11.7 Å². The van der Waals surface area contributed by atoms with Gasteiger partial charge in [0.15, 0.2) is 0 Å². The molecule has 3 atom stereocenters. The number of hydrogen-bond acceptors (Lipinski definition) is 7. The molecule has 1 aromatic heterocycles. The summed E-state index contributed by atoms with van der Waals surface area (Å²) in [5.74, 6) is -2.88. The van der Waals surface area contributed by atoms with Crippen molar-refractivity contribution in [2.24, 2.45) is 5.92 Å². The van der Waals surface area contributed by atoms with Gasteiger partial charge in [-0.3, -0.25) is 14.3 Å². The number of ether oxygens (including phenoxy) is 1. The van der Waals surface area contributed by atoms with Crippen molar-refractivity contribution < 1.29 is 31.4 Å². The highest BCUT2D eigenvalue weighted by atomic mass is 32.5. The minimum absolute atomic E-state index is 0.0995. The zero-order valence-electron chi connectivity index (χ0n) is 25.3. The van der Waals surface area contributed by atoms with Crippen LogP contribution in [0.2, 0.25) is 5.04 Å².